The van der Waals surface area contributed by atoms with Gasteiger partial charge in [-0.2, -0.15) is 0 Å². The summed E-state index contributed by atoms with van der Waals surface area (Å²) in [6.07, 6.45) is 3.40. The Bertz CT molecular complexity index is 551. The summed E-state index contributed by atoms with van der Waals surface area (Å²) in [6.45, 7) is 2.29. The lowest BCUT2D eigenvalue weighted by Gasteiger charge is -2.17. The van der Waals surface area contributed by atoms with Crippen LogP contribution >= 0.6 is 11.6 Å². The number of benzene rings is 1. The van der Waals surface area contributed by atoms with E-state index in [4.69, 9.17) is 11.6 Å². The molecular formula is C13H14ClN3O. The lowest BCUT2D eigenvalue weighted by atomic mass is 10.1. The molecule has 18 heavy (non-hydrogen) atoms. The zero-order valence-electron chi connectivity index (χ0n) is 10.3. The Kier molecular flexibility index (Phi) is 3.67. The van der Waals surface area contributed by atoms with Crippen LogP contribution in [0.15, 0.2) is 30.6 Å². The van der Waals surface area contributed by atoms with Crippen LogP contribution < -0.4 is 0 Å². The average Bonchev–Trinajstić information content (AvgIpc) is 2.84. The molecule has 94 valence electrons. The molecule has 0 aliphatic heterocycles. The van der Waals surface area contributed by atoms with Crippen LogP contribution in [0.4, 0.5) is 0 Å². The predicted octanol–water partition coefficient (Wildman–Crippen LogP) is 2.64. The zero-order chi connectivity index (χ0) is 13.1. The zero-order valence-corrected chi connectivity index (χ0v) is 11.0. The number of halogens is 1. The van der Waals surface area contributed by atoms with E-state index in [0.717, 1.165) is 11.4 Å². The van der Waals surface area contributed by atoms with Crippen LogP contribution in [0.2, 0.25) is 5.02 Å². The number of hydrogen-bond acceptors (Lipinski definition) is 2. The fourth-order valence-corrected chi connectivity index (χ4v) is 1.90. The van der Waals surface area contributed by atoms with Gasteiger partial charge in [-0.3, -0.25) is 4.79 Å². The van der Waals surface area contributed by atoms with Crippen LogP contribution in [-0.4, -0.2) is 27.8 Å². The normalized spacial score (nSPS) is 10.4. The number of carbonyl (C=O) groups is 1. The molecule has 0 spiro atoms. The molecule has 1 aromatic heterocycles. The van der Waals surface area contributed by atoms with Crippen molar-refractivity contribution >= 4 is 17.5 Å². The second kappa shape index (κ2) is 5.23. The van der Waals surface area contributed by atoms with Crippen LogP contribution in [0, 0.1) is 6.92 Å². The van der Waals surface area contributed by atoms with Crippen molar-refractivity contribution in [2.24, 2.45) is 0 Å². The van der Waals surface area contributed by atoms with Gasteiger partial charge >= 0.3 is 0 Å². The minimum absolute atomic E-state index is 0.0635. The maximum Gasteiger partial charge on any atom is 0.254 e. The molecule has 2 aromatic rings. The van der Waals surface area contributed by atoms with Gasteiger partial charge in [0.15, 0.2) is 0 Å². The molecule has 0 unspecified atom stereocenters. The van der Waals surface area contributed by atoms with E-state index in [2.05, 4.69) is 9.97 Å². The van der Waals surface area contributed by atoms with E-state index in [0.29, 0.717) is 17.1 Å². The van der Waals surface area contributed by atoms with Crippen LogP contribution in [0.5, 0.6) is 0 Å². The molecule has 4 nitrogen and oxygen atoms in total. The Hall–Kier alpha value is -1.81. The monoisotopic (exact) mass is 263 g/mol. The standard InChI is InChI=1S/C13H14ClN3O/c1-9-10(4-3-5-11(9)14)13(18)17(2)8-12-15-6-7-16-12/h3-7H,8H2,1-2H3,(H,15,16). The summed E-state index contributed by atoms with van der Waals surface area (Å²) in [7, 11) is 1.74. The maximum absolute atomic E-state index is 12.3. The van der Waals surface area contributed by atoms with E-state index in [1.165, 1.54) is 0 Å². The molecule has 5 heteroatoms. The van der Waals surface area contributed by atoms with E-state index in [1.54, 1.807) is 42.5 Å². The van der Waals surface area contributed by atoms with Crippen molar-refractivity contribution in [1.82, 2.24) is 14.9 Å². The van der Waals surface area contributed by atoms with Gasteiger partial charge in [0, 0.05) is 30.0 Å². The number of rotatable bonds is 3. The third-order valence-corrected chi connectivity index (χ3v) is 3.20. The largest absolute Gasteiger partial charge is 0.347 e. The van der Waals surface area contributed by atoms with Gasteiger partial charge < -0.3 is 9.88 Å². The number of aromatic nitrogens is 2. The van der Waals surface area contributed by atoms with Crippen molar-refractivity contribution in [2.75, 3.05) is 7.05 Å². The van der Waals surface area contributed by atoms with Crippen molar-refractivity contribution in [1.29, 1.82) is 0 Å². The molecule has 1 heterocycles. The second-order valence-electron chi connectivity index (χ2n) is 4.11. The Morgan fingerprint density at radius 2 is 2.28 bits per heavy atom. The van der Waals surface area contributed by atoms with E-state index in [1.807, 2.05) is 6.92 Å². The molecule has 0 atom stereocenters. The third kappa shape index (κ3) is 2.54. The van der Waals surface area contributed by atoms with Gasteiger partial charge in [-0.05, 0) is 24.6 Å². The molecule has 0 aliphatic rings. The van der Waals surface area contributed by atoms with Crippen molar-refractivity contribution in [3.63, 3.8) is 0 Å². The van der Waals surface area contributed by atoms with Gasteiger partial charge in [-0.1, -0.05) is 17.7 Å². The second-order valence-corrected chi connectivity index (χ2v) is 4.52. The smallest absolute Gasteiger partial charge is 0.254 e. The van der Waals surface area contributed by atoms with Gasteiger partial charge in [0.1, 0.15) is 5.82 Å². The average molecular weight is 264 g/mol. The predicted molar refractivity (Wildman–Crippen MR) is 70.6 cm³/mol. The summed E-state index contributed by atoms with van der Waals surface area (Å²) >= 11 is 6.02. The molecule has 0 radical (unpaired) electrons. The number of H-pyrrole nitrogens is 1. The minimum Gasteiger partial charge on any atom is -0.347 e. The number of aromatic amines is 1. The Balaban J connectivity index is 2.18. The molecule has 0 saturated carbocycles. The summed E-state index contributed by atoms with van der Waals surface area (Å²) in [6, 6.07) is 5.34. The molecule has 1 amide bonds. The fourth-order valence-electron chi connectivity index (χ4n) is 1.73. The Morgan fingerprint density at radius 1 is 1.50 bits per heavy atom. The van der Waals surface area contributed by atoms with E-state index >= 15 is 0 Å². The number of hydrogen-bond donors (Lipinski definition) is 1. The van der Waals surface area contributed by atoms with Crippen molar-refractivity contribution in [3.8, 4) is 0 Å². The molecule has 0 saturated heterocycles. The lowest BCUT2D eigenvalue weighted by molar-refractivity contribution is 0.0781. The van der Waals surface area contributed by atoms with Crippen LogP contribution in [0.3, 0.4) is 0 Å². The van der Waals surface area contributed by atoms with Crippen LogP contribution in [-0.2, 0) is 6.54 Å². The summed E-state index contributed by atoms with van der Waals surface area (Å²) in [4.78, 5) is 20.9. The highest BCUT2D eigenvalue weighted by atomic mass is 35.5. The molecule has 1 aromatic carbocycles. The summed E-state index contributed by atoms with van der Waals surface area (Å²) in [5.74, 6) is 0.692. The van der Waals surface area contributed by atoms with Crippen molar-refractivity contribution < 1.29 is 4.79 Å². The molecular weight excluding hydrogens is 250 g/mol. The molecule has 0 bridgehead atoms. The van der Waals surface area contributed by atoms with Gasteiger partial charge in [-0.15, -0.1) is 0 Å². The van der Waals surface area contributed by atoms with Crippen molar-refractivity contribution in [2.45, 2.75) is 13.5 Å². The lowest BCUT2D eigenvalue weighted by Crippen LogP contribution is -2.27. The highest BCUT2D eigenvalue weighted by Crippen LogP contribution is 2.20. The van der Waals surface area contributed by atoms with Crippen LogP contribution in [0.1, 0.15) is 21.7 Å². The quantitative estimate of drug-likeness (QED) is 0.926. The molecule has 2 rings (SSSR count). The van der Waals surface area contributed by atoms with Gasteiger partial charge in [-0.25, -0.2) is 4.98 Å². The molecule has 0 fully saturated rings. The van der Waals surface area contributed by atoms with Gasteiger partial charge in [0.05, 0.1) is 6.54 Å². The van der Waals surface area contributed by atoms with E-state index in [9.17, 15) is 4.79 Å². The first kappa shape index (κ1) is 12.6. The van der Waals surface area contributed by atoms with Gasteiger partial charge in [0.2, 0.25) is 0 Å². The Labute approximate surface area is 111 Å². The van der Waals surface area contributed by atoms with Crippen molar-refractivity contribution in [3.05, 3.63) is 52.6 Å². The number of nitrogens with one attached hydrogen (secondary N) is 1. The number of nitrogens with zero attached hydrogens (tertiary/aromatic N) is 2. The highest BCUT2D eigenvalue weighted by Gasteiger charge is 2.16. The number of imidazole rings is 1. The topological polar surface area (TPSA) is 49.0 Å². The number of carbonyl (C=O) groups excluding carboxylic acids is 1. The Morgan fingerprint density at radius 3 is 2.94 bits per heavy atom. The summed E-state index contributed by atoms with van der Waals surface area (Å²) in [5, 5.41) is 0.604. The van der Waals surface area contributed by atoms with E-state index in [-0.39, 0.29) is 5.91 Å². The highest BCUT2D eigenvalue weighted by molar-refractivity contribution is 6.31. The van der Waals surface area contributed by atoms with E-state index < -0.39 is 0 Å². The van der Waals surface area contributed by atoms with Crippen LogP contribution in [0.25, 0.3) is 0 Å². The SMILES string of the molecule is Cc1c(Cl)cccc1C(=O)N(C)Cc1ncc[nH]1. The fraction of sp³-hybridized carbons (Fsp3) is 0.231. The third-order valence-electron chi connectivity index (χ3n) is 2.79. The number of amides is 1. The summed E-state index contributed by atoms with van der Waals surface area (Å²) < 4.78 is 0. The molecule has 0 aliphatic carbocycles. The van der Waals surface area contributed by atoms with Gasteiger partial charge in [0.25, 0.3) is 5.91 Å². The first-order valence-electron chi connectivity index (χ1n) is 5.58. The summed E-state index contributed by atoms with van der Waals surface area (Å²) in [5.41, 5.74) is 1.42. The minimum atomic E-state index is -0.0635. The maximum atomic E-state index is 12.3. The first-order chi connectivity index (χ1) is 8.59. The molecule has 1 N–H and O–H groups in total. The first-order valence-corrected chi connectivity index (χ1v) is 5.96.